The molecule has 1 atom stereocenters. The number of carbonyl (C=O) groups excluding carboxylic acids is 1. The van der Waals surface area contributed by atoms with Gasteiger partial charge in [-0.05, 0) is 25.7 Å². The highest BCUT2D eigenvalue weighted by molar-refractivity contribution is 5.74. The van der Waals surface area contributed by atoms with Gasteiger partial charge < -0.3 is 4.74 Å². The smallest absolute Gasteiger partial charge is 0.413 e. The quantitative estimate of drug-likeness (QED) is 0.664. The van der Waals surface area contributed by atoms with Crippen molar-refractivity contribution in [1.29, 1.82) is 0 Å². The molecule has 1 saturated carbocycles. The van der Waals surface area contributed by atoms with Gasteiger partial charge in [0, 0.05) is 7.05 Å². The van der Waals surface area contributed by atoms with Crippen molar-refractivity contribution >= 4 is 6.09 Å². The first-order valence-corrected chi connectivity index (χ1v) is 5.72. The van der Waals surface area contributed by atoms with E-state index < -0.39 is 0 Å². The minimum atomic E-state index is -0.280. The third-order valence-electron chi connectivity index (χ3n) is 4.15. The highest BCUT2D eigenvalue weighted by atomic mass is 16.6. The fourth-order valence-electron chi connectivity index (χ4n) is 2.82. The SMILES string of the molecule is C=C1OC(=O)N(C)C1(C)C1CCCCC1. The second-order valence-corrected chi connectivity index (χ2v) is 4.83. The van der Waals surface area contributed by atoms with E-state index in [9.17, 15) is 4.79 Å². The number of carbonyl (C=O) groups is 1. The van der Waals surface area contributed by atoms with E-state index in [2.05, 4.69) is 13.5 Å². The number of hydrogen-bond donors (Lipinski definition) is 0. The van der Waals surface area contributed by atoms with Crippen LogP contribution in [-0.2, 0) is 4.74 Å². The lowest BCUT2D eigenvalue weighted by Gasteiger charge is -2.39. The summed E-state index contributed by atoms with van der Waals surface area (Å²) < 4.78 is 5.13. The summed E-state index contributed by atoms with van der Waals surface area (Å²) in [4.78, 5) is 13.2. The second-order valence-electron chi connectivity index (χ2n) is 4.83. The Kier molecular flexibility index (Phi) is 2.49. The molecule has 84 valence electrons. The largest absolute Gasteiger partial charge is 0.415 e. The number of amides is 1. The number of hydrogen-bond acceptors (Lipinski definition) is 2. The van der Waals surface area contributed by atoms with Gasteiger partial charge in [0.05, 0.1) is 0 Å². The molecular formula is C12H19NO2. The van der Waals surface area contributed by atoms with Gasteiger partial charge in [0.25, 0.3) is 0 Å². The molecule has 0 aromatic rings. The van der Waals surface area contributed by atoms with Crippen molar-refractivity contribution in [3.63, 3.8) is 0 Å². The van der Waals surface area contributed by atoms with Gasteiger partial charge in [-0.25, -0.2) is 4.79 Å². The third-order valence-corrected chi connectivity index (χ3v) is 4.15. The molecule has 15 heavy (non-hydrogen) atoms. The molecule has 2 aliphatic rings. The summed E-state index contributed by atoms with van der Waals surface area (Å²) in [6.07, 6.45) is 5.93. The zero-order valence-electron chi connectivity index (χ0n) is 9.58. The standard InChI is InChI=1S/C12H19NO2/c1-9-12(2,13(3)11(14)15-9)10-7-5-4-6-8-10/h10H,1,4-8H2,2-3H3. The number of cyclic esters (lactones) is 1. The fraction of sp³-hybridized carbons (Fsp3) is 0.750. The molecule has 0 bridgehead atoms. The van der Waals surface area contributed by atoms with Crippen LogP contribution in [0.5, 0.6) is 0 Å². The summed E-state index contributed by atoms with van der Waals surface area (Å²) in [6, 6.07) is 0. The molecule has 0 radical (unpaired) electrons. The molecule has 1 aliphatic carbocycles. The van der Waals surface area contributed by atoms with Crippen molar-refractivity contribution in [2.75, 3.05) is 7.05 Å². The van der Waals surface area contributed by atoms with Gasteiger partial charge in [-0.2, -0.15) is 0 Å². The van der Waals surface area contributed by atoms with E-state index in [1.54, 1.807) is 4.90 Å². The highest BCUT2D eigenvalue weighted by Crippen LogP contribution is 2.43. The average Bonchev–Trinajstić information content (AvgIpc) is 2.45. The molecule has 2 fully saturated rings. The average molecular weight is 209 g/mol. The van der Waals surface area contributed by atoms with E-state index in [1.165, 1.54) is 32.1 Å². The Balaban J connectivity index is 2.23. The maximum absolute atomic E-state index is 11.5. The van der Waals surface area contributed by atoms with Gasteiger partial charge in [0.1, 0.15) is 11.3 Å². The molecule has 1 amide bonds. The topological polar surface area (TPSA) is 29.5 Å². The van der Waals surface area contributed by atoms with Crippen LogP contribution in [0.25, 0.3) is 0 Å². The van der Waals surface area contributed by atoms with Crippen molar-refractivity contribution < 1.29 is 9.53 Å². The van der Waals surface area contributed by atoms with Crippen LogP contribution in [0.3, 0.4) is 0 Å². The van der Waals surface area contributed by atoms with Crippen LogP contribution in [0.2, 0.25) is 0 Å². The molecule has 3 heteroatoms. The number of likely N-dealkylation sites (N-methyl/N-ethyl adjacent to an activating group) is 1. The Bertz CT molecular complexity index is 294. The van der Waals surface area contributed by atoms with Gasteiger partial charge in [-0.1, -0.05) is 25.8 Å². The first kappa shape index (κ1) is 10.5. The van der Waals surface area contributed by atoms with Crippen molar-refractivity contribution in [3.8, 4) is 0 Å². The lowest BCUT2D eigenvalue weighted by atomic mass is 9.74. The van der Waals surface area contributed by atoms with Crippen LogP contribution >= 0.6 is 0 Å². The van der Waals surface area contributed by atoms with E-state index in [0.29, 0.717) is 11.7 Å². The van der Waals surface area contributed by atoms with Crippen LogP contribution in [-0.4, -0.2) is 23.6 Å². The Morgan fingerprint density at radius 3 is 2.47 bits per heavy atom. The van der Waals surface area contributed by atoms with Crippen molar-refractivity contribution in [1.82, 2.24) is 4.90 Å². The van der Waals surface area contributed by atoms with Gasteiger partial charge in [-0.3, -0.25) is 4.90 Å². The Hall–Kier alpha value is -0.990. The molecule has 1 heterocycles. The summed E-state index contributed by atoms with van der Waals surface area (Å²) in [5, 5.41) is 0. The third kappa shape index (κ3) is 1.45. The highest BCUT2D eigenvalue weighted by Gasteiger charge is 2.50. The van der Waals surface area contributed by atoms with Crippen LogP contribution in [0.1, 0.15) is 39.0 Å². The predicted molar refractivity (Wildman–Crippen MR) is 58.4 cm³/mol. The van der Waals surface area contributed by atoms with Crippen LogP contribution < -0.4 is 0 Å². The Morgan fingerprint density at radius 2 is 2.00 bits per heavy atom. The number of nitrogens with zero attached hydrogens (tertiary/aromatic N) is 1. The molecule has 3 nitrogen and oxygen atoms in total. The van der Waals surface area contributed by atoms with E-state index in [-0.39, 0.29) is 11.6 Å². The second kappa shape index (κ2) is 3.54. The predicted octanol–water partition coefficient (Wildman–Crippen LogP) is 2.92. The summed E-state index contributed by atoms with van der Waals surface area (Å²) in [5.74, 6) is 1.14. The maximum Gasteiger partial charge on any atom is 0.415 e. The van der Waals surface area contributed by atoms with Crippen LogP contribution in [0, 0.1) is 5.92 Å². The molecule has 1 saturated heterocycles. The molecular weight excluding hydrogens is 190 g/mol. The maximum atomic E-state index is 11.5. The molecule has 2 rings (SSSR count). The first-order chi connectivity index (χ1) is 7.06. The zero-order chi connectivity index (χ0) is 11.1. The van der Waals surface area contributed by atoms with Gasteiger partial charge >= 0.3 is 6.09 Å². The molecule has 0 N–H and O–H groups in total. The molecule has 1 unspecified atom stereocenters. The lowest BCUT2D eigenvalue weighted by molar-refractivity contribution is 0.127. The van der Waals surface area contributed by atoms with Crippen molar-refractivity contribution in [2.45, 2.75) is 44.6 Å². The van der Waals surface area contributed by atoms with Gasteiger partial charge in [0.2, 0.25) is 0 Å². The van der Waals surface area contributed by atoms with Gasteiger partial charge in [-0.15, -0.1) is 0 Å². The lowest BCUT2D eigenvalue weighted by Crippen LogP contribution is -2.47. The summed E-state index contributed by atoms with van der Waals surface area (Å²) >= 11 is 0. The normalized spacial score (nSPS) is 33.3. The Labute approximate surface area is 91.1 Å². The summed E-state index contributed by atoms with van der Waals surface area (Å²) in [5.41, 5.74) is -0.280. The van der Waals surface area contributed by atoms with Crippen LogP contribution in [0.4, 0.5) is 4.79 Å². The molecule has 0 spiro atoms. The molecule has 1 aliphatic heterocycles. The minimum absolute atomic E-state index is 0.256. The monoisotopic (exact) mass is 209 g/mol. The van der Waals surface area contributed by atoms with E-state index in [4.69, 9.17) is 4.74 Å². The van der Waals surface area contributed by atoms with Gasteiger partial charge in [0.15, 0.2) is 0 Å². The summed E-state index contributed by atoms with van der Waals surface area (Å²) in [7, 11) is 1.81. The molecule has 0 aromatic carbocycles. The first-order valence-electron chi connectivity index (χ1n) is 5.72. The number of ether oxygens (including phenoxy) is 1. The van der Waals surface area contributed by atoms with Crippen LogP contribution in [0.15, 0.2) is 12.3 Å². The molecule has 0 aromatic heterocycles. The van der Waals surface area contributed by atoms with Crippen molar-refractivity contribution in [3.05, 3.63) is 12.3 Å². The van der Waals surface area contributed by atoms with E-state index in [0.717, 1.165) is 0 Å². The Morgan fingerprint density at radius 1 is 1.40 bits per heavy atom. The zero-order valence-corrected chi connectivity index (χ0v) is 9.58. The fourth-order valence-corrected chi connectivity index (χ4v) is 2.82. The summed E-state index contributed by atoms with van der Waals surface area (Å²) in [6.45, 7) is 5.98. The van der Waals surface area contributed by atoms with E-state index in [1.807, 2.05) is 7.05 Å². The minimum Gasteiger partial charge on any atom is -0.413 e. The number of rotatable bonds is 1. The van der Waals surface area contributed by atoms with E-state index >= 15 is 0 Å². The van der Waals surface area contributed by atoms with Crippen molar-refractivity contribution in [2.24, 2.45) is 5.92 Å².